The number of benzene rings is 2. The number of esters is 1. The second kappa shape index (κ2) is 8.57. The molecule has 0 spiro atoms. The van der Waals surface area contributed by atoms with Crippen molar-refractivity contribution in [3.05, 3.63) is 58.1 Å². The Morgan fingerprint density at radius 1 is 1.00 bits per heavy atom. The van der Waals surface area contributed by atoms with E-state index in [0.717, 1.165) is 0 Å². The lowest BCUT2D eigenvalue weighted by atomic mass is 10.1. The zero-order valence-corrected chi connectivity index (χ0v) is 14.3. The summed E-state index contributed by atoms with van der Waals surface area (Å²) in [5, 5.41) is 0.734. The molecule has 0 unspecified atom stereocenters. The van der Waals surface area contributed by atoms with Gasteiger partial charge in [-0.05, 0) is 30.3 Å². The van der Waals surface area contributed by atoms with Crippen LogP contribution in [-0.4, -0.2) is 32.1 Å². The zero-order chi connectivity index (χ0) is 17.5. The zero-order valence-electron chi connectivity index (χ0n) is 12.8. The van der Waals surface area contributed by atoms with Crippen molar-refractivity contribution in [2.24, 2.45) is 0 Å². The van der Waals surface area contributed by atoms with Crippen molar-refractivity contribution in [2.75, 3.05) is 20.3 Å². The van der Waals surface area contributed by atoms with Gasteiger partial charge in [-0.25, -0.2) is 4.79 Å². The first-order chi connectivity index (χ1) is 11.5. The fraction of sp³-hybridized carbons (Fsp3) is 0.176. The van der Waals surface area contributed by atoms with Crippen LogP contribution in [0.25, 0.3) is 0 Å². The molecule has 0 aromatic heterocycles. The third kappa shape index (κ3) is 4.88. The smallest absolute Gasteiger partial charge is 0.344 e. The minimum Gasteiger partial charge on any atom is -0.496 e. The molecule has 0 bridgehead atoms. The summed E-state index contributed by atoms with van der Waals surface area (Å²) in [5.74, 6) is -0.341. The van der Waals surface area contributed by atoms with Gasteiger partial charge < -0.3 is 14.2 Å². The number of hydrogen-bond donors (Lipinski definition) is 0. The SMILES string of the molecule is COc1ccccc1C(=O)COC(=O)COc1ccc(Cl)cc1Cl. The van der Waals surface area contributed by atoms with E-state index in [2.05, 4.69) is 0 Å². The monoisotopic (exact) mass is 368 g/mol. The molecule has 0 aliphatic rings. The number of hydrogen-bond acceptors (Lipinski definition) is 5. The Labute approximate surface area is 149 Å². The van der Waals surface area contributed by atoms with Crippen molar-refractivity contribution >= 4 is 35.0 Å². The lowest BCUT2D eigenvalue weighted by molar-refractivity contribution is -0.144. The molecule has 7 heteroatoms. The van der Waals surface area contributed by atoms with Gasteiger partial charge in [-0.1, -0.05) is 35.3 Å². The molecule has 2 aromatic rings. The molecule has 2 rings (SSSR count). The first kappa shape index (κ1) is 18.1. The van der Waals surface area contributed by atoms with Crippen molar-refractivity contribution < 1.29 is 23.8 Å². The van der Waals surface area contributed by atoms with Crippen molar-refractivity contribution in [2.45, 2.75) is 0 Å². The van der Waals surface area contributed by atoms with Crippen LogP contribution in [0.4, 0.5) is 0 Å². The molecular formula is C17H14Cl2O5. The van der Waals surface area contributed by atoms with Crippen molar-refractivity contribution in [3.8, 4) is 11.5 Å². The lowest BCUT2D eigenvalue weighted by Gasteiger charge is -2.09. The van der Waals surface area contributed by atoms with E-state index in [-0.39, 0.29) is 17.4 Å². The number of para-hydroxylation sites is 1. The Hall–Kier alpha value is -2.24. The number of methoxy groups -OCH3 is 1. The topological polar surface area (TPSA) is 61.8 Å². The molecule has 0 radical (unpaired) electrons. The van der Waals surface area contributed by atoms with Crippen LogP contribution >= 0.6 is 23.2 Å². The molecule has 0 amide bonds. The van der Waals surface area contributed by atoms with Crippen LogP contribution in [0.15, 0.2) is 42.5 Å². The maximum Gasteiger partial charge on any atom is 0.344 e. The highest BCUT2D eigenvalue weighted by Crippen LogP contribution is 2.27. The number of carbonyl (C=O) groups is 2. The summed E-state index contributed by atoms with van der Waals surface area (Å²) in [6.07, 6.45) is 0. The van der Waals surface area contributed by atoms with Gasteiger partial charge in [0.2, 0.25) is 5.78 Å². The Morgan fingerprint density at radius 2 is 1.75 bits per heavy atom. The first-order valence-corrected chi connectivity index (χ1v) is 7.66. The van der Waals surface area contributed by atoms with Gasteiger partial charge >= 0.3 is 5.97 Å². The minimum atomic E-state index is -0.690. The van der Waals surface area contributed by atoms with E-state index in [9.17, 15) is 9.59 Å². The van der Waals surface area contributed by atoms with Crippen LogP contribution in [0.3, 0.4) is 0 Å². The average Bonchev–Trinajstić information content (AvgIpc) is 2.58. The molecule has 0 saturated carbocycles. The molecular weight excluding hydrogens is 355 g/mol. The molecule has 0 fully saturated rings. The van der Waals surface area contributed by atoms with Crippen LogP contribution in [-0.2, 0) is 9.53 Å². The normalized spacial score (nSPS) is 10.1. The molecule has 2 aromatic carbocycles. The van der Waals surface area contributed by atoms with Gasteiger partial charge in [-0.2, -0.15) is 0 Å². The lowest BCUT2D eigenvalue weighted by Crippen LogP contribution is -2.20. The van der Waals surface area contributed by atoms with Gasteiger partial charge in [0.25, 0.3) is 0 Å². The van der Waals surface area contributed by atoms with Gasteiger partial charge in [-0.3, -0.25) is 4.79 Å². The van der Waals surface area contributed by atoms with E-state index in [1.807, 2.05) is 0 Å². The fourth-order valence-corrected chi connectivity index (χ4v) is 2.33. The molecule has 24 heavy (non-hydrogen) atoms. The molecule has 0 atom stereocenters. The second-order valence-electron chi connectivity index (χ2n) is 4.65. The maximum atomic E-state index is 12.1. The average molecular weight is 369 g/mol. The number of carbonyl (C=O) groups excluding carboxylic acids is 2. The molecule has 0 aliphatic carbocycles. The fourth-order valence-electron chi connectivity index (χ4n) is 1.87. The van der Waals surface area contributed by atoms with Crippen molar-refractivity contribution in [1.29, 1.82) is 0 Å². The molecule has 0 saturated heterocycles. The highest BCUT2D eigenvalue weighted by molar-refractivity contribution is 6.35. The summed E-state index contributed by atoms with van der Waals surface area (Å²) in [7, 11) is 1.46. The summed E-state index contributed by atoms with van der Waals surface area (Å²) < 4.78 is 15.2. The predicted octanol–water partition coefficient (Wildman–Crippen LogP) is 3.81. The third-order valence-corrected chi connectivity index (χ3v) is 3.54. The standard InChI is InChI=1S/C17H14Cl2O5/c1-22-15-5-3-2-4-12(15)14(20)9-24-17(21)10-23-16-7-6-11(18)8-13(16)19/h2-8H,9-10H2,1H3. The van der Waals surface area contributed by atoms with E-state index in [1.54, 1.807) is 30.3 Å². The maximum absolute atomic E-state index is 12.1. The van der Waals surface area contributed by atoms with Gasteiger partial charge in [-0.15, -0.1) is 0 Å². The minimum absolute atomic E-state index is 0.278. The Morgan fingerprint density at radius 3 is 2.46 bits per heavy atom. The molecule has 0 aliphatic heterocycles. The van der Waals surface area contributed by atoms with Crippen LogP contribution < -0.4 is 9.47 Å². The van der Waals surface area contributed by atoms with Gasteiger partial charge in [0.05, 0.1) is 17.7 Å². The second-order valence-corrected chi connectivity index (χ2v) is 5.49. The van der Waals surface area contributed by atoms with Gasteiger partial charge in [0, 0.05) is 5.02 Å². The molecule has 126 valence electrons. The Balaban J connectivity index is 1.85. The van der Waals surface area contributed by atoms with Crippen molar-refractivity contribution in [1.82, 2.24) is 0 Å². The largest absolute Gasteiger partial charge is 0.496 e. The van der Waals surface area contributed by atoms with Gasteiger partial charge in [0.15, 0.2) is 13.2 Å². The van der Waals surface area contributed by atoms with Crippen LogP contribution in [0.5, 0.6) is 11.5 Å². The Kier molecular flexibility index (Phi) is 6.46. The number of rotatable bonds is 7. The summed E-state index contributed by atoms with van der Waals surface area (Å²) in [5.41, 5.74) is 0.342. The quantitative estimate of drug-likeness (QED) is 0.549. The summed E-state index contributed by atoms with van der Waals surface area (Å²) in [4.78, 5) is 23.7. The third-order valence-electron chi connectivity index (χ3n) is 3.01. The van der Waals surface area contributed by atoms with E-state index in [1.165, 1.54) is 19.2 Å². The van der Waals surface area contributed by atoms with Crippen LogP contribution in [0.2, 0.25) is 10.0 Å². The van der Waals surface area contributed by atoms with E-state index < -0.39 is 12.6 Å². The summed E-state index contributed by atoms with van der Waals surface area (Å²) >= 11 is 11.7. The first-order valence-electron chi connectivity index (χ1n) is 6.91. The molecule has 0 heterocycles. The number of halogens is 2. The molecule has 0 N–H and O–H groups in total. The van der Waals surface area contributed by atoms with Crippen LogP contribution in [0.1, 0.15) is 10.4 Å². The summed E-state index contributed by atoms with van der Waals surface area (Å²) in [6.45, 7) is -0.780. The van der Waals surface area contributed by atoms with E-state index >= 15 is 0 Å². The van der Waals surface area contributed by atoms with Crippen LogP contribution in [0, 0.1) is 0 Å². The predicted molar refractivity (Wildman–Crippen MR) is 90.2 cm³/mol. The number of Topliss-reactive ketones (excluding diaryl/α,β-unsaturated/α-hetero) is 1. The van der Waals surface area contributed by atoms with E-state index in [0.29, 0.717) is 22.1 Å². The highest BCUT2D eigenvalue weighted by Gasteiger charge is 2.14. The number of ether oxygens (including phenoxy) is 3. The summed E-state index contributed by atoms with van der Waals surface area (Å²) in [6, 6.07) is 11.3. The van der Waals surface area contributed by atoms with Crippen molar-refractivity contribution in [3.63, 3.8) is 0 Å². The highest BCUT2D eigenvalue weighted by atomic mass is 35.5. The Bertz CT molecular complexity index is 746. The molecule has 5 nitrogen and oxygen atoms in total. The van der Waals surface area contributed by atoms with E-state index in [4.69, 9.17) is 37.4 Å². The number of ketones is 1. The van der Waals surface area contributed by atoms with Gasteiger partial charge in [0.1, 0.15) is 11.5 Å².